The molecule has 2 aromatic heterocycles. The predicted octanol–water partition coefficient (Wildman–Crippen LogP) is 3.80. The molecular weight excluding hydrogens is 280 g/mol. The van der Waals surface area contributed by atoms with Gasteiger partial charge in [-0.1, -0.05) is 23.7 Å². The number of nitrogens with one attached hydrogen (secondary N) is 2. The first-order valence-electron chi connectivity index (χ1n) is 5.74. The van der Waals surface area contributed by atoms with E-state index in [1.54, 1.807) is 11.3 Å². The second-order valence-electron chi connectivity index (χ2n) is 3.99. The Bertz CT molecular complexity index is 663. The Morgan fingerprint density at radius 2 is 2.26 bits per heavy atom. The smallest absolute Gasteiger partial charge is 0.155 e. The maximum Gasteiger partial charge on any atom is 0.155 e. The summed E-state index contributed by atoms with van der Waals surface area (Å²) < 4.78 is 0.832. The van der Waals surface area contributed by atoms with Crippen molar-refractivity contribution in [3.05, 3.63) is 51.9 Å². The number of nitrogens with zero attached hydrogens (tertiary/aromatic N) is 2. The molecule has 0 fully saturated rings. The minimum absolute atomic E-state index is 0.711. The van der Waals surface area contributed by atoms with Crippen LogP contribution >= 0.6 is 22.9 Å². The van der Waals surface area contributed by atoms with Crippen LogP contribution in [0.5, 0.6) is 0 Å². The Hall–Kier alpha value is -1.85. The van der Waals surface area contributed by atoms with Crippen molar-refractivity contribution in [2.24, 2.45) is 0 Å². The van der Waals surface area contributed by atoms with Crippen molar-refractivity contribution in [3.8, 4) is 11.4 Å². The maximum absolute atomic E-state index is 6.07. The van der Waals surface area contributed by atoms with Crippen LogP contribution in [0.3, 0.4) is 0 Å². The third kappa shape index (κ3) is 2.77. The van der Waals surface area contributed by atoms with Gasteiger partial charge in [-0.2, -0.15) is 5.10 Å². The molecule has 2 heterocycles. The number of hydrogen-bond donors (Lipinski definition) is 2. The van der Waals surface area contributed by atoms with Gasteiger partial charge in [-0.25, -0.2) is 4.98 Å². The molecule has 0 aliphatic carbocycles. The number of benzene rings is 1. The van der Waals surface area contributed by atoms with Gasteiger partial charge < -0.3 is 5.32 Å². The van der Waals surface area contributed by atoms with Gasteiger partial charge in [0.25, 0.3) is 0 Å². The van der Waals surface area contributed by atoms with Gasteiger partial charge in [0.05, 0.1) is 4.34 Å². The Morgan fingerprint density at radius 3 is 3.00 bits per heavy atom. The second kappa shape index (κ2) is 5.42. The summed E-state index contributed by atoms with van der Waals surface area (Å²) in [5, 5.41) is 12.0. The summed E-state index contributed by atoms with van der Waals surface area (Å²) in [6.07, 6.45) is 1.50. The number of anilines is 1. The van der Waals surface area contributed by atoms with E-state index >= 15 is 0 Å². The molecule has 0 bridgehead atoms. The Morgan fingerprint density at radius 1 is 1.32 bits per heavy atom. The molecule has 6 heteroatoms. The Balaban J connectivity index is 1.75. The lowest BCUT2D eigenvalue weighted by atomic mass is 10.2. The van der Waals surface area contributed by atoms with Crippen molar-refractivity contribution in [1.29, 1.82) is 0 Å². The monoisotopic (exact) mass is 290 g/mol. The zero-order chi connectivity index (χ0) is 13.1. The van der Waals surface area contributed by atoms with Gasteiger partial charge in [0.2, 0.25) is 0 Å². The summed E-state index contributed by atoms with van der Waals surface area (Å²) in [4.78, 5) is 4.14. The van der Waals surface area contributed by atoms with E-state index in [-0.39, 0.29) is 0 Å². The van der Waals surface area contributed by atoms with E-state index in [9.17, 15) is 0 Å². The summed E-state index contributed by atoms with van der Waals surface area (Å²) in [5.41, 5.74) is 3.13. The topological polar surface area (TPSA) is 53.6 Å². The minimum atomic E-state index is 0.711. The lowest BCUT2D eigenvalue weighted by Gasteiger charge is -2.07. The third-order valence-corrected chi connectivity index (χ3v) is 3.98. The normalized spacial score (nSPS) is 10.6. The van der Waals surface area contributed by atoms with Crippen molar-refractivity contribution < 1.29 is 0 Å². The third-order valence-electron chi connectivity index (χ3n) is 2.73. The molecule has 96 valence electrons. The number of aromatic amines is 1. The van der Waals surface area contributed by atoms with Gasteiger partial charge >= 0.3 is 0 Å². The number of thiophene rings is 1. The highest BCUT2D eigenvalue weighted by atomic mass is 35.5. The molecule has 4 nitrogen and oxygen atoms in total. The van der Waals surface area contributed by atoms with Crippen molar-refractivity contribution in [2.75, 3.05) is 5.32 Å². The highest BCUT2D eigenvalue weighted by molar-refractivity contribution is 7.14. The molecule has 0 saturated carbocycles. The fraction of sp³-hybridized carbons (Fsp3) is 0.0769. The first-order chi connectivity index (χ1) is 9.33. The molecular formula is C13H11ClN4S. The first-order valence-corrected chi connectivity index (χ1v) is 7.00. The van der Waals surface area contributed by atoms with Crippen LogP contribution in [0.2, 0.25) is 4.34 Å². The highest BCUT2D eigenvalue weighted by Gasteiger charge is 2.03. The standard InChI is InChI=1S/C13H11ClN4S/c14-12-10(4-5-19-12)7-15-11-3-1-2-9(6-11)13-16-8-17-18-13/h1-6,8,15H,7H2,(H,16,17,18). The fourth-order valence-electron chi connectivity index (χ4n) is 1.76. The first kappa shape index (κ1) is 12.2. The minimum Gasteiger partial charge on any atom is -0.381 e. The summed E-state index contributed by atoms with van der Waals surface area (Å²) in [6.45, 7) is 0.711. The molecule has 0 aliphatic heterocycles. The molecule has 1 aromatic carbocycles. The number of halogens is 1. The van der Waals surface area contributed by atoms with Gasteiger partial charge in [-0.3, -0.25) is 5.10 Å². The summed E-state index contributed by atoms with van der Waals surface area (Å²) in [5.74, 6) is 0.761. The average Bonchev–Trinajstić information content (AvgIpc) is 3.08. The lowest BCUT2D eigenvalue weighted by molar-refractivity contribution is 1.09. The summed E-state index contributed by atoms with van der Waals surface area (Å²) in [7, 11) is 0. The molecule has 0 aliphatic rings. The lowest BCUT2D eigenvalue weighted by Crippen LogP contribution is -1.98. The molecule has 3 aromatic rings. The molecule has 2 N–H and O–H groups in total. The number of H-pyrrole nitrogens is 1. The SMILES string of the molecule is Clc1sccc1CNc1cccc(-c2ncn[nH]2)c1. The molecule has 0 amide bonds. The van der Waals surface area contributed by atoms with Crippen LogP contribution in [0.1, 0.15) is 5.56 Å². The molecule has 0 spiro atoms. The number of aromatic nitrogens is 3. The van der Waals surface area contributed by atoms with Gasteiger partial charge in [0, 0.05) is 23.4 Å². The van der Waals surface area contributed by atoms with E-state index < -0.39 is 0 Å². The largest absolute Gasteiger partial charge is 0.381 e. The van der Waals surface area contributed by atoms with Crippen LogP contribution in [-0.4, -0.2) is 15.2 Å². The van der Waals surface area contributed by atoms with Crippen molar-refractivity contribution in [1.82, 2.24) is 15.2 Å². The molecule has 0 atom stereocenters. The van der Waals surface area contributed by atoms with Gasteiger partial charge in [-0.15, -0.1) is 11.3 Å². The zero-order valence-electron chi connectivity index (χ0n) is 9.93. The van der Waals surface area contributed by atoms with Gasteiger partial charge in [-0.05, 0) is 23.6 Å². The van der Waals surface area contributed by atoms with Crippen LogP contribution in [-0.2, 0) is 6.54 Å². The molecule has 19 heavy (non-hydrogen) atoms. The van der Waals surface area contributed by atoms with E-state index in [4.69, 9.17) is 11.6 Å². The molecule has 0 unspecified atom stereocenters. The van der Waals surface area contributed by atoms with Crippen molar-refractivity contribution in [3.63, 3.8) is 0 Å². The highest BCUT2D eigenvalue weighted by Crippen LogP contribution is 2.24. The number of hydrogen-bond acceptors (Lipinski definition) is 4. The van der Waals surface area contributed by atoms with Crippen LogP contribution < -0.4 is 5.32 Å². The average molecular weight is 291 g/mol. The van der Waals surface area contributed by atoms with Crippen LogP contribution in [0.15, 0.2) is 42.0 Å². The number of rotatable bonds is 4. The van der Waals surface area contributed by atoms with Crippen molar-refractivity contribution >= 4 is 28.6 Å². The maximum atomic E-state index is 6.07. The van der Waals surface area contributed by atoms with E-state index in [2.05, 4.69) is 20.5 Å². The molecule has 0 saturated heterocycles. The predicted molar refractivity (Wildman–Crippen MR) is 78.5 cm³/mol. The van der Waals surface area contributed by atoms with E-state index in [1.807, 2.05) is 35.7 Å². The second-order valence-corrected chi connectivity index (χ2v) is 5.51. The van der Waals surface area contributed by atoms with Crippen LogP contribution in [0.25, 0.3) is 11.4 Å². The molecule has 0 radical (unpaired) electrons. The van der Waals surface area contributed by atoms with E-state index in [0.717, 1.165) is 27.0 Å². The quantitative estimate of drug-likeness (QED) is 0.768. The fourth-order valence-corrected chi connectivity index (χ4v) is 2.69. The summed E-state index contributed by atoms with van der Waals surface area (Å²) >= 11 is 7.62. The van der Waals surface area contributed by atoms with Gasteiger partial charge in [0.1, 0.15) is 6.33 Å². The molecule has 3 rings (SSSR count). The van der Waals surface area contributed by atoms with Crippen molar-refractivity contribution in [2.45, 2.75) is 6.54 Å². The van der Waals surface area contributed by atoms with E-state index in [1.165, 1.54) is 6.33 Å². The Labute approximate surface area is 119 Å². The summed E-state index contributed by atoms with van der Waals surface area (Å²) in [6, 6.07) is 10.0. The Kier molecular flexibility index (Phi) is 3.48. The van der Waals surface area contributed by atoms with Crippen LogP contribution in [0.4, 0.5) is 5.69 Å². The zero-order valence-corrected chi connectivity index (χ0v) is 11.5. The van der Waals surface area contributed by atoms with E-state index in [0.29, 0.717) is 6.54 Å². The van der Waals surface area contributed by atoms with Gasteiger partial charge in [0.15, 0.2) is 5.82 Å². The van der Waals surface area contributed by atoms with Crippen LogP contribution in [0, 0.1) is 0 Å².